The van der Waals surface area contributed by atoms with Crippen LogP contribution in [0.5, 0.6) is 0 Å². The Balaban J connectivity index is 1.68. The Hall–Kier alpha value is -2.61. The summed E-state index contributed by atoms with van der Waals surface area (Å²) in [6.45, 7) is 4.40. The minimum atomic E-state index is 0.876. The molecule has 2 heteroatoms. The summed E-state index contributed by atoms with van der Waals surface area (Å²) >= 11 is 0. The number of fused-ring (bicyclic) bond motifs is 2. The SMILES string of the molecule is Cc1cc2ccoc2cc1-c1c2ccc(CC3CCCC3)cc2cc(C)[n+]1C. The molecule has 1 aliphatic rings. The van der Waals surface area contributed by atoms with Gasteiger partial charge in [-0.15, -0.1) is 0 Å². The Morgan fingerprint density at radius 2 is 1.79 bits per heavy atom. The van der Waals surface area contributed by atoms with Gasteiger partial charge in [-0.05, 0) is 60.0 Å². The van der Waals surface area contributed by atoms with Crippen LogP contribution in [0.2, 0.25) is 0 Å². The van der Waals surface area contributed by atoms with Gasteiger partial charge in [0.1, 0.15) is 12.6 Å². The average Bonchev–Trinajstić information content (AvgIpc) is 3.34. The molecule has 0 radical (unpaired) electrons. The summed E-state index contributed by atoms with van der Waals surface area (Å²) in [5, 5.41) is 3.83. The van der Waals surface area contributed by atoms with Crippen molar-refractivity contribution in [2.24, 2.45) is 13.0 Å². The fourth-order valence-electron chi connectivity index (χ4n) is 5.01. The van der Waals surface area contributed by atoms with Crippen LogP contribution in [0.4, 0.5) is 0 Å². The second kappa shape index (κ2) is 6.77. The maximum Gasteiger partial charge on any atom is 0.220 e. The average molecular weight is 371 g/mol. The van der Waals surface area contributed by atoms with Crippen molar-refractivity contribution in [1.29, 1.82) is 0 Å². The molecule has 0 aliphatic heterocycles. The molecule has 0 N–H and O–H groups in total. The van der Waals surface area contributed by atoms with Crippen molar-refractivity contribution in [3.8, 4) is 11.3 Å². The van der Waals surface area contributed by atoms with Gasteiger partial charge < -0.3 is 4.42 Å². The Bertz CT molecular complexity index is 1180. The molecule has 2 aromatic carbocycles. The Morgan fingerprint density at radius 3 is 2.61 bits per heavy atom. The van der Waals surface area contributed by atoms with Crippen molar-refractivity contribution in [1.82, 2.24) is 0 Å². The maximum atomic E-state index is 5.70. The summed E-state index contributed by atoms with van der Waals surface area (Å²) in [6, 6.07) is 15.9. The molecule has 0 saturated heterocycles. The minimum Gasteiger partial charge on any atom is -0.464 e. The third-order valence-electron chi connectivity index (χ3n) is 6.65. The molecule has 5 rings (SSSR count). The third kappa shape index (κ3) is 2.92. The summed E-state index contributed by atoms with van der Waals surface area (Å²) in [4.78, 5) is 0. The van der Waals surface area contributed by atoms with Crippen molar-refractivity contribution < 1.29 is 8.98 Å². The van der Waals surface area contributed by atoms with Gasteiger partial charge in [0.05, 0.1) is 17.2 Å². The quantitative estimate of drug-likeness (QED) is 0.380. The van der Waals surface area contributed by atoms with E-state index in [1.165, 1.54) is 76.3 Å². The zero-order chi connectivity index (χ0) is 19.3. The lowest BCUT2D eigenvalue weighted by Crippen LogP contribution is -2.35. The lowest BCUT2D eigenvalue weighted by molar-refractivity contribution is -0.665. The van der Waals surface area contributed by atoms with Crippen molar-refractivity contribution in [3.63, 3.8) is 0 Å². The first-order valence-electron chi connectivity index (χ1n) is 10.5. The van der Waals surface area contributed by atoms with Gasteiger partial charge in [-0.2, -0.15) is 4.57 Å². The number of nitrogens with zero attached hydrogens (tertiary/aromatic N) is 1. The van der Waals surface area contributed by atoms with E-state index in [1.807, 2.05) is 6.07 Å². The normalized spacial score (nSPS) is 15.1. The molecule has 0 amide bonds. The second-order valence-corrected chi connectivity index (χ2v) is 8.60. The third-order valence-corrected chi connectivity index (χ3v) is 6.65. The van der Waals surface area contributed by atoms with Crippen LogP contribution < -0.4 is 4.57 Å². The number of furan rings is 1. The summed E-state index contributed by atoms with van der Waals surface area (Å²) in [5.41, 5.74) is 7.52. The van der Waals surface area contributed by atoms with Gasteiger partial charge in [0.25, 0.3) is 0 Å². The molecule has 0 unspecified atom stereocenters. The Morgan fingerprint density at radius 1 is 0.964 bits per heavy atom. The van der Waals surface area contributed by atoms with E-state index in [-0.39, 0.29) is 0 Å². The van der Waals surface area contributed by atoms with E-state index in [0.29, 0.717) is 0 Å². The topological polar surface area (TPSA) is 17.0 Å². The van der Waals surface area contributed by atoms with Crippen molar-refractivity contribution in [2.75, 3.05) is 0 Å². The fourth-order valence-corrected chi connectivity index (χ4v) is 5.01. The van der Waals surface area contributed by atoms with Crippen LogP contribution >= 0.6 is 0 Å². The van der Waals surface area contributed by atoms with Crippen LogP contribution in [0.15, 0.2) is 53.1 Å². The highest BCUT2D eigenvalue weighted by molar-refractivity contribution is 5.96. The largest absolute Gasteiger partial charge is 0.464 e. The molecule has 1 fully saturated rings. The summed E-state index contributed by atoms with van der Waals surface area (Å²) in [5.74, 6) is 0.876. The molecule has 28 heavy (non-hydrogen) atoms. The maximum absolute atomic E-state index is 5.70. The molecule has 0 spiro atoms. The molecule has 0 bridgehead atoms. The number of hydrogen-bond donors (Lipinski definition) is 0. The second-order valence-electron chi connectivity index (χ2n) is 8.60. The van der Waals surface area contributed by atoms with Crippen molar-refractivity contribution in [3.05, 3.63) is 65.5 Å². The number of aryl methyl sites for hydroxylation is 2. The molecule has 4 aromatic rings. The number of rotatable bonds is 3. The molecule has 2 nitrogen and oxygen atoms in total. The zero-order valence-corrected chi connectivity index (χ0v) is 17.1. The van der Waals surface area contributed by atoms with Crippen LogP contribution in [-0.2, 0) is 13.5 Å². The highest BCUT2D eigenvalue weighted by atomic mass is 16.3. The van der Waals surface area contributed by atoms with Crippen LogP contribution in [0.3, 0.4) is 0 Å². The minimum absolute atomic E-state index is 0.876. The first-order valence-corrected chi connectivity index (χ1v) is 10.5. The number of benzene rings is 2. The fraction of sp³-hybridized carbons (Fsp3) is 0.346. The van der Waals surface area contributed by atoms with Gasteiger partial charge in [0, 0.05) is 18.4 Å². The standard InChI is InChI=1S/C26H28NO/c1-17-12-21-10-11-28-25(21)16-24(17)26-23-9-8-20(14-19-6-4-5-7-19)15-22(23)13-18(2)27(26)3/h8-13,15-16,19H,4-7,14H2,1-3H3/q+1. The van der Waals surface area contributed by atoms with Gasteiger partial charge in [-0.25, -0.2) is 0 Å². The van der Waals surface area contributed by atoms with Gasteiger partial charge in [-0.1, -0.05) is 37.8 Å². The highest BCUT2D eigenvalue weighted by Gasteiger charge is 2.22. The first kappa shape index (κ1) is 17.5. The van der Waals surface area contributed by atoms with Crippen LogP contribution in [0, 0.1) is 19.8 Å². The number of hydrogen-bond acceptors (Lipinski definition) is 1. The predicted octanol–water partition coefficient (Wildman–Crippen LogP) is 6.43. The van der Waals surface area contributed by atoms with Crippen LogP contribution in [-0.4, -0.2) is 0 Å². The summed E-state index contributed by atoms with van der Waals surface area (Å²) < 4.78 is 8.02. The van der Waals surface area contributed by atoms with E-state index in [4.69, 9.17) is 4.42 Å². The number of pyridine rings is 1. The van der Waals surface area contributed by atoms with Gasteiger partial charge in [0.2, 0.25) is 5.69 Å². The Kier molecular flexibility index (Phi) is 4.23. The number of aromatic nitrogens is 1. The molecule has 2 aromatic heterocycles. The van der Waals surface area contributed by atoms with E-state index in [0.717, 1.165) is 11.5 Å². The van der Waals surface area contributed by atoms with Crippen LogP contribution in [0.1, 0.15) is 42.5 Å². The molecular weight excluding hydrogens is 342 g/mol. The monoisotopic (exact) mass is 370 g/mol. The first-order chi connectivity index (χ1) is 13.6. The van der Waals surface area contributed by atoms with E-state index in [9.17, 15) is 0 Å². The predicted molar refractivity (Wildman–Crippen MR) is 115 cm³/mol. The van der Waals surface area contributed by atoms with Gasteiger partial charge >= 0.3 is 0 Å². The molecule has 2 heterocycles. The molecule has 142 valence electrons. The molecule has 1 aliphatic carbocycles. The lowest BCUT2D eigenvalue weighted by atomic mass is 9.93. The van der Waals surface area contributed by atoms with Crippen LogP contribution in [0.25, 0.3) is 33.0 Å². The van der Waals surface area contributed by atoms with E-state index >= 15 is 0 Å². The zero-order valence-electron chi connectivity index (χ0n) is 17.1. The van der Waals surface area contributed by atoms with Crippen molar-refractivity contribution >= 4 is 21.7 Å². The van der Waals surface area contributed by atoms with Crippen molar-refractivity contribution in [2.45, 2.75) is 46.0 Å². The smallest absolute Gasteiger partial charge is 0.220 e. The lowest BCUT2D eigenvalue weighted by Gasteiger charge is -2.13. The van der Waals surface area contributed by atoms with Gasteiger partial charge in [0.15, 0.2) is 5.69 Å². The molecule has 0 atom stereocenters. The van der Waals surface area contributed by atoms with Gasteiger partial charge in [-0.3, -0.25) is 0 Å². The Labute approximate surface area is 166 Å². The molecule has 1 saturated carbocycles. The summed E-state index contributed by atoms with van der Waals surface area (Å²) in [6.07, 6.45) is 8.61. The van der Waals surface area contributed by atoms with E-state index in [2.05, 4.69) is 61.9 Å². The van der Waals surface area contributed by atoms with E-state index in [1.54, 1.807) is 6.26 Å². The van der Waals surface area contributed by atoms with E-state index < -0.39 is 0 Å². The summed E-state index contributed by atoms with van der Waals surface area (Å²) in [7, 11) is 2.17. The molecular formula is C26H28NO+. The highest BCUT2D eigenvalue weighted by Crippen LogP contribution is 2.34.